The second-order valence-corrected chi connectivity index (χ2v) is 11.1. The summed E-state index contributed by atoms with van der Waals surface area (Å²) in [6, 6.07) is 18.9. The van der Waals surface area contributed by atoms with E-state index in [4.69, 9.17) is 5.73 Å². The van der Waals surface area contributed by atoms with E-state index in [9.17, 15) is 18.0 Å². The SMILES string of the molecule is CNC(C)(C(N)=O)[C@@H]1CN(S(C)(=O)=O)c2ccccc2N(Cc2c(C)ccc3ccccc23)C1=O.Cl. The molecule has 36 heavy (non-hydrogen) atoms. The lowest BCUT2D eigenvalue weighted by molar-refractivity contribution is -0.133. The van der Waals surface area contributed by atoms with Gasteiger partial charge in [-0.3, -0.25) is 13.9 Å². The maximum Gasteiger partial charge on any atom is 0.238 e. The minimum Gasteiger partial charge on any atom is -0.368 e. The van der Waals surface area contributed by atoms with Crippen molar-refractivity contribution < 1.29 is 18.0 Å². The fourth-order valence-corrected chi connectivity index (χ4v) is 5.67. The number of aryl methyl sites for hydroxylation is 1. The average Bonchev–Trinajstić information content (AvgIpc) is 2.95. The molecule has 8 nitrogen and oxygen atoms in total. The number of fused-ring (bicyclic) bond motifs is 2. The smallest absolute Gasteiger partial charge is 0.238 e. The van der Waals surface area contributed by atoms with Crippen LogP contribution in [0.2, 0.25) is 0 Å². The van der Waals surface area contributed by atoms with E-state index in [0.717, 1.165) is 28.2 Å². The molecular formula is C26H31ClN4O4S. The number of nitrogens with zero attached hydrogens (tertiary/aromatic N) is 2. The van der Waals surface area contributed by atoms with Gasteiger partial charge in [-0.05, 0) is 54.9 Å². The Bertz CT molecular complexity index is 1430. The number of benzene rings is 3. The lowest BCUT2D eigenvalue weighted by atomic mass is 9.83. The first-order chi connectivity index (χ1) is 16.5. The highest BCUT2D eigenvalue weighted by molar-refractivity contribution is 7.92. The molecule has 2 atom stereocenters. The van der Waals surface area contributed by atoms with E-state index in [1.165, 1.54) is 11.2 Å². The van der Waals surface area contributed by atoms with E-state index >= 15 is 0 Å². The number of hydrogen-bond donors (Lipinski definition) is 2. The van der Waals surface area contributed by atoms with Gasteiger partial charge in [0.15, 0.2) is 0 Å². The van der Waals surface area contributed by atoms with Crippen LogP contribution in [0.4, 0.5) is 11.4 Å². The van der Waals surface area contributed by atoms with Gasteiger partial charge in [-0.25, -0.2) is 8.42 Å². The monoisotopic (exact) mass is 530 g/mol. The summed E-state index contributed by atoms with van der Waals surface area (Å²) in [5.74, 6) is -2.19. The highest BCUT2D eigenvalue weighted by Gasteiger charge is 2.49. The summed E-state index contributed by atoms with van der Waals surface area (Å²) < 4.78 is 27.0. The number of primary amides is 1. The van der Waals surface area contributed by atoms with Crippen molar-refractivity contribution in [1.82, 2.24) is 5.32 Å². The molecule has 10 heteroatoms. The maximum absolute atomic E-state index is 14.2. The molecular weight excluding hydrogens is 500 g/mol. The number of para-hydroxylation sites is 2. The summed E-state index contributed by atoms with van der Waals surface area (Å²) in [5.41, 5.74) is 7.05. The molecule has 1 aliphatic rings. The van der Waals surface area contributed by atoms with E-state index < -0.39 is 27.4 Å². The second-order valence-electron chi connectivity index (χ2n) is 9.16. The Morgan fingerprint density at radius 2 is 1.69 bits per heavy atom. The van der Waals surface area contributed by atoms with Crippen molar-refractivity contribution in [3.8, 4) is 0 Å². The molecule has 1 heterocycles. The van der Waals surface area contributed by atoms with E-state index in [1.54, 1.807) is 36.2 Å². The average molecular weight is 531 g/mol. The molecule has 0 radical (unpaired) electrons. The molecule has 0 fully saturated rings. The third-order valence-corrected chi connectivity index (χ3v) is 8.22. The van der Waals surface area contributed by atoms with Gasteiger partial charge in [0.1, 0.15) is 5.54 Å². The molecule has 0 saturated heterocycles. The van der Waals surface area contributed by atoms with Crippen molar-refractivity contribution in [3.05, 3.63) is 71.8 Å². The molecule has 192 valence electrons. The van der Waals surface area contributed by atoms with E-state index in [0.29, 0.717) is 11.4 Å². The normalized spacial score (nSPS) is 17.7. The van der Waals surface area contributed by atoms with Gasteiger partial charge in [-0.2, -0.15) is 0 Å². The van der Waals surface area contributed by atoms with Gasteiger partial charge in [0, 0.05) is 6.54 Å². The first kappa shape index (κ1) is 27.4. The Morgan fingerprint density at radius 3 is 2.31 bits per heavy atom. The minimum absolute atomic E-state index is 0. The number of halogens is 1. The number of amides is 2. The summed E-state index contributed by atoms with van der Waals surface area (Å²) in [5, 5.41) is 4.93. The molecule has 1 unspecified atom stereocenters. The second kappa shape index (κ2) is 10.1. The van der Waals surface area contributed by atoms with E-state index in [1.807, 2.05) is 43.3 Å². The fraction of sp³-hybridized carbons (Fsp3) is 0.308. The van der Waals surface area contributed by atoms with Crippen LogP contribution in [0.25, 0.3) is 10.8 Å². The number of carbonyl (C=O) groups is 2. The summed E-state index contributed by atoms with van der Waals surface area (Å²) in [6.45, 7) is 3.50. The molecule has 0 bridgehead atoms. The number of hydrogen-bond acceptors (Lipinski definition) is 5. The minimum atomic E-state index is -3.78. The van der Waals surface area contributed by atoms with Crippen LogP contribution in [0.1, 0.15) is 18.1 Å². The number of nitrogens with two attached hydrogens (primary N) is 1. The molecule has 0 aliphatic carbocycles. The lowest BCUT2D eigenvalue weighted by Gasteiger charge is -2.36. The van der Waals surface area contributed by atoms with Gasteiger partial charge >= 0.3 is 0 Å². The molecule has 3 aromatic rings. The zero-order chi connectivity index (χ0) is 25.5. The van der Waals surface area contributed by atoms with Crippen LogP contribution in [-0.2, 0) is 26.2 Å². The van der Waals surface area contributed by atoms with Crippen molar-refractivity contribution in [1.29, 1.82) is 0 Å². The molecule has 0 saturated carbocycles. The van der Waals surface area contributed by atoms with Crippen molar-refractivity contribution in [2.24, 2.45) is 11.7 Å². The predicted molar refractivity (Wildman–Crippen MR) is 146 cm³/mol. The number of nitrogens with one attached hydrogen (secondary N) is 1. The number of rotatable bonds is 6. The first-order valence-corrected chi connectivity index (χ1v) is 13.2. The van der Waals surface area contributed by atoms with Gasteiger partial charge in [0.2, 0.25) is 21.8 Å². The number of anilines is 2. The molecule has 0 spiro atoms. The number of carbonyl (C=O) groups excluding carboxylic acids is 2. The standard InChI is InChI=1S/C26H30N4O4S.ClH/c1-17-13-14-18-9-5-6-10-19(18)20(17)15-29-22-11-7-8-12-23(22)30(35(4,33)34)16-21(24(29)31)26(2,28-3)25(27)32;/h5-14,21,28H,15-16H2,1-4H3,(H2,27,32);1H/t21-,26?;/m1./s1. The Morgan fingerprint density at radius 1 is 1.08 bits per heavy atom. The van der Waals surface area contributed by atoms with E-state index in [-0.39, 0.29) is 31.4 Å². The summed E-state index contributed by atoms with van der Waals surface area (Å²) in [4.78, 5) is 28.3. The maximum atomic E-state index is 14.2. The quantitative estimate of drug-likeness (QED) is 0.509. The molecule has 3 N–H and O–H groups in total. The summed E-state index contributed by atoms with van der Waals surface area (Å²) >= 11 is 0. The highest BCUT2D eigenvalue weighted by Crippen LogP contribution is 2.39. The Balaban J connectivity index is 0.00000361. The Kier molecular flexibility index (Phi) is 7.69. The van der Waals surface area contributed by atoms with Gasteiger partial charge < -0.3 is 16.0 Å². The van der Waals surface area contributed by atoms with Crippen LogP contribution < -0.4 is 20.3 Å². The topological polar surface area (TPSA) is 113 Å². The fourth-order valence-electron chi connectivity index (χ4n) is 4.74. The molecule has 3 aromatic carbocycles. The van der Waals surface area contributed by atoms with E-state index in [2.05, 4.69) is 5.32 Å². The van der Waals surface area contributed by atoms with Gasteiger partial charge in [-0.1, -0.05) is 48.5 Å². The Hall–Kier alpha value is -3.14. The van der Waals surface area contributed by atoms with Crippen LogP contribution in [0.15, 0.2) is 60.7 Å². The third-order valence-electron chi connectivity index (χ3n) is 7.07. The highest BCUT2D eigenvalue weighted by atomic mass is 35.5. The van der Waals surface area contributed by atoms with Gasteiger partial charge in [0.05, 0.1) is 30.1 Å². The molecule has 1 aliphatic heterocycles. The first-order valence-electron chi connectivity index (χ1n) is 11.3. The number of likely N-dealkylation sites (N-methyl/N-ethyl adjacent to an activating group) is 1. The van der Waals surface area contributed by atoms with Crippen molar-refractivity contribution >= 4 is 56.4 Å². The van der Waals surface area contributed by atoms with Crippen molar-refractivity contribution in [2.45, 2.75) is 25.9 Å². The van der Waals surface area contributed by atoms with Crippen LogP contribution in [-0.4, -0.2) is 45.6 Å². The van der Waals surface area contributed by atoms with Crippen LogP contribution >= 0.6 is 12.4 Å². The van der Waals surface area contributed by atoms with Crippen molar-refractivity contribution in [3.63, 3.8) is 0 Å². The number of sulfonamides is 1. The molecule has 4 rings (SSSR count). The summed E-state index contributed by atoms with van der Waals surface area (Å²) in [6.07, 6.45) is 1.09. The van der Waals surface area contributed by atoms with Gasteiger partial charge in [-0.15, -0.1) is 12.4 Å². The zero-order valence-corrected chi connectivity index (χ0v) is 22.3. The third kappa shape index (κ3) is 4.66. The molecule has 0 aromatic heterocycles. The van der Waals surface area contributed by atoms with Crippen LogP contribution in [0.5, 0.6) is 0 Å². The van der Waals surface area contributed by atoms with Crippen molar-refractivity contribution in [2.75, 3.05) is 29.1 Å². The summed E-state index contributed by atoms with van der Waals surface area (Å²) in [7, 11) is -2.24. The largest absolute Gasteiger partial charge is 0.368 e. The molecule has 2 amide bonds. The van der Waals surface area contributed by atoms with Crippen LogP contribution in [0, 0.1) is 12.8 Å². The zero-order valence-electron chi connectivity index (χ0n) is 20.7. The lowest BCUT2D eigenvalue weighted by Crippen LogP contribution is -2.63. The predicted octanol–water partition coefficient (Wildman–Crippen LogP) is 2.96. The van der Waals surface area contributed by atoms with Crippen LogP contribution in [0.3, 0.4) is 0 Å². The Labute approximate surface area is 217 Å². The van der Waals surface area contributed by atoms with Gasteiger partial charge in [0.25, 0.3) is 0 Å².